The normalized spacial score (nSPS) is 14.7. The van der Waals surface area contributed by atoms with Crippen molar-refractivity contribution in [2.75, 3.05) is 24.9 Å². The molecule has 0 fully saturated rings. The molecule has 0 spiro atoms. The van der Waals surface area contributed by atoms with Gasteiger partial charge in [0.2, 0.25) is 5.95 Å². The molecule has 2 aromatic carbocycles. The van der Waals surface area contributed by atoms with Gasteiger partial charge in [-0.05, 0) is 42.8 Å². The number of hydrogen-bond acceptors (Lipinski definition) is 7. The number of methoxy groups -OCH3 is 2. The van der Waals surface area contributed by atoms with Gasteiger partial charge in [-0.25, -0.2) is 4.68 Å². The van der Waals surface area contributed by atoms with Gasteiger partial charge in [-0.1, -0.05) is 30.3 Å². The molecule has 9 nitrogen and oxygen atoms in total. The van der Waals surface area contributed by atoms with E-state index in [4.69, 9.17) is 19.6 Å². The summed E-state index contributed by atoms with van der Waals surface area (Å²) in [5.41, 5.74) is 3.28. The lowest BCUT2D eigenvalue weighted by Gasteiger charge is -2.28. The summed E-state index contributed by atoms with van der Waals surface area (Å²) in [5, 5.41) is 11.0. The molecule has 1 aliphatic heterocycles. The zero-order valence-electron chi connectivity index (χ0n) is 19.5. The molecule has 0 saturated carbocycles. The fourth-order valence-corrected chi connectivity index (χ4v) is 4.17. The van der Waals surface area contributed by atoms with Gasteiger partial charge in [-0.2, -0.15) is 4.98 Å². The number of para-hydroxylation sites is 3. The summed E-state index contributed by atoms with van der Waals surface area (Å²) in [6, 6.07) is 18.0. The van der Waals surface area contributed by atoms with Crippen molar-refractivity contribution in [1.82, 2.24) is 19.7 Å². The van der Waals surface area contributed by atoms with Gasteiger partial charge in [0.1, 0.15) is 17.5 Å². The number of aromatic nitrogens is 4. The molecule has 9 heteroatoms. The Balaban J connectivity index is 1.60. The number of carbonyl (C=O) groups is 1. The minimum atomic E-state index is -0.550. The van der Waals surface area contributed by atoms with Crippen molar-refractivity contribution in [2.45, 2.75) is 13.0 Å². The highest BCUT2D eigenvalue weighted by molar-refractivity contribution is 6.06. The fourth-order valence-electron chi connectivity index (χ4n) is 4.17. The Bertz CT molecular complexity index is 1410. The van der Waals surface area contributed by atoms with Crippen molar-refractivity contribution in [3.8, 4) is 22.9 Å². The van der Waals surface area contributed by atoms with Gasteiger partial charge >= 0.3 is 0 Å². The van der Waals surface area contributed by atoms with Crippen molar-refractivity contribution in [2.24, 2.45) is 0 Å². The Labute approximate surface area is 202 Å². The number of rotatable bonds is 6. The molecule has 0 bridgehead atoms. The summed E-state index contributed by atoms with van der Waals surface area (Å²) >= 11 is 0. The molecule has 0 aliphatic carbocycles. The number of anilines is 2. The van der Waals surface area contributed by atoms with E-state index in [0.29, 0.717) is 40.2 Å². The number of fused-ring (bicyclic) bond motifs is 1. The zero-order valence-corrected chi connectivity index (χ0v) is 19.5. The van der Waals surface area contributed by atoms with Gasteiger partial charge in [0.15, 0.2) is 5.82 Å². The first kappa shape index (κ1) is 22.1. The molecule has 0 saturated heterocycles. The average Bonchev–Trinajstić information content (AvgIpc) is 3.32. The largest absolute Gasteiger partial charge is 0.496 e. The number of carbonyl (C=O) groups excluding carboxylic acids is 1. The second-order valence-corrected chi connectivity index (χ2v) is 7.91. The Morgan fingerprint density at radius 2 is 1.74 bits per heavy atom. The van der Waals surface area contributed by atoms with Gasteiger partial charge in [-0.15, -0.1) is 5.10 Å². The number of nitrogens with zero attached hydrogens (tertiary/aromatic N) is 4. The molecule has 5 rings (SSSR count). The predicted octanol–water partition coefficient (Wildman–Crippen LogP) is 4.28. The Kier molecular flexibility index (Phi) is 5.88. The standard InChI is InChI=1S/C26H24N6O3/c1-16-22(25(33)29-19-11-5-7-13-21(19)35-3)23(17-9-8-14-27-15-17)32-26(28-16)30-24(31-32)18-10-4-6-12-20(18)34-2/h4-15,23H,1-3H3,(H,29,33)(H,28,30,31). The van der Waals surface area contributed by atoms with Crippen LogP contribution in [0.2, 0.25) is 0 Å². The minimum Gasteiger partial charge on any atom is -0.496 e. The number of benzene rings is 2. The molecule has 3 heterocycles. The molecule has 4 aromatic rings. The van der Waals surface area contributed by atoms with Crippen LogP contribution >= 0.6 is 0 Å². The number of nitrogens with one attached hydrogen (secondary N) is 2. The fraction of sp³-hybridized carbons (Fsp3) is 0.154. The highest BCUT2D eigenvalue weighted by Crippen LogP contribution is 2.38. The van der Waals surface area contributed by atoms with Gasteiger partial charge in [0.05, 0.1) is 31.0 Å². The molecule has 35 heavy (non-hydrogen) atoms. The maximum absolute atomic E-state index is 13.7. The highest BCUT2D eigenvalue weighted by atomic mass is 16.5. The lowest BCUT2D eigenvalue weighted by Crippen LogP contribution is -2.31. The minimum absolute atomic E-state index is 0.284. The molecule has 1 unspecified atom stereocenters. The number of pyridine rings is 1. The van der Waals surface area contributed by atoms with E-state index in [1.165, 1.54) is 0 Å². The summed E-state index contributed by atoms with van der Waals surface area (Å²) in [7, 11) is 3.18. The van der Waals surface area contributed by atoms with Crippen LogP contribution in [0.25, 0.3) is 11.4 Å². The first-order valence-electron chi connectivity index (χ1n) is 11.0. The van der Waals surface area contributed by atoms with E-state index in [9.17, 15) is 4.79 Å². The van der Waals surface area contributed by atoms with Gasteiger partial charge < -0.3 is 20.1 Å². The van der Waals surface area contributed by atoms with Gasteiger partial charge in [0, 0.05) is 18.1 Å². The summed E-state index contributed by atoms with van der Waals surface area (Å²) in [5.74, 6) is 1.95. The van der Waals surface area contributed by atoms with E-state index in [2.05, 4.69) is 15.6 Å². The van der Waals surface area contributed by atoms with E-state index in [1.54, 1.807) is 43.4 Å². The number of allylic oxidation sites excluding steroid dienone is 1. The molecule has 176 valence electrons. The second-order valence-electron chi connectivity index (χ2n) is 7.91. The second kappa shape index (κ2) is 9.30. The third kappa shape index (κ3) is 4.08. The van der Waals surface area contributed by atoms with Crippen LogP contribution in [0.15, 0.2) is 84.3 Å². The average molecular weight is 469 g/mol. The molecular formula is C26H24N6O3. The predicted molar refractivity (Wildman–Crippen MR) is 132 cm³/mol. The number of ether oxygens (including phenoxy) is 2. The van der Waals surface area contributed by atoms with Crippen LogP contribution in [0.4, 0.5) is 11.6 Å². The van der Waals surface area contributed by atoms with Crippen molar-refractivity contribution in [3.05, 3.63) is 89.9 Å². The topological polar surface area (TPSA) is 103 Å². The smallest absolute Gasteiger partial charge is 0.255 e. The molecular weight excluding hydrogens is 444 g/mol. The number of amides is 1. The maximum Gasteiger partial charge on any atom is 0.255 e. The van der Waals surface area contributed by atoms with Gasteiger partial charge in [-0.3, -0.25) is 9.78 Å². The zero-order chi connectivity index (χ0) is 24.4. The van der Waals surface area contributed by atoms with Crippen LogP contribution in [0, 0.1) is 0 Å². The van der Waals surface area contributed by atoms with Crippen LogP contribution in [-0.2, 0) is 4.79 Å². The summed E-state index contributed by atoms with van der Waals surface area (Å²) in [6.45, 7) is 1.85. The highest BCUT2D eigenvalue weighted by Gasteiger charge is 2.35. The van der Waals surface area contributed by atoms with Crippen molar-refractivity contribution < 1.29 is 14.3 Å². The van der Waals surface area contributed by atoms with Crippen molar-refractivity contribution in [1.29, 1.82) is 0 Å². The first-order chi connectivity index (χ1) is 17.1. The summed E-state index contributed by atoms with van der Waals surface area (Å²) in [6.07, 6.45) is 3.42. The molecule has 2 N–H and O–H groups in total. The number of hydrogen-bond donors (Lipinski definition) is 2. The Morgan fingerprint density at radius 1 is 1.00 bits per heavy atom. The third-order valence-corrected chi connectivity index (χ3v) is 5.80. The molecule has 1 amide bonds. The summed E-state index contributed by atoms with van der Waals surface area (Å²) in [4.78, 5) is 22.6. The van der Waals surface area contributed by atoms with E-state index in [1.807, 2.05) is 55.5 Å². The molecule has 1 aliphatic rings. The SMILES string of the molecule is COc1ccccc1NC(=O)C1=C(C)Nc2nc(-c3ccccc3OC)nn2C1c1cccnc1. The monoisotopic (exact) mass is 468 g/mol. The van der Waals surface area contributed by atoms with Crippen molar-refractivity contribution in [3.63, 3.8) is 0 Å². The Hall–Kier alpha value is -4.66. The van der Waals surface area contributed by atoms with Crippen LogP contribution in [0.5, 0.6) is 11.5 Å². The lowest BCUT2D eigenvalue weighted by molar-refractivity contribution is -0.113. The van der Waals surface area contributed by atoms with E-state index < -0.39 is 6.04 Å². The van der Waals surface area contributed by atoms with E-state index in [-0.39, 0.29) is 5.91 Å². The molecule has 0 radical (unpaired) electrons. The first-order valence-corrected chi connectivity index (χ1v) is 11.0. The summed E-state index contributed by atoms with van der Waals surface area (Å²) < 4.78 is 12.6. The third-order valence-electron chi connectivity index (χ3n) is 5.80. The van der Waals surface area contributed by atoms with E-state index >= 15 is 0 Å². The van der Waals surface area contributed by atoms with Crippen molar-refractivity contribution >= 4 is 17.5 Å². The quantitative estimate of drug-likeness (QED) is 0.435. The molecule has 2 aromatic heterocycles. The maximum atomic E-state index is 13.7. The van der Waals surface area contributed by atoms with Crippen LogP contribution in [0.1, 0.15) is 18.5 Å². The Morgan fingerprint density at radius 3 is 2.49 bits per heavy atom. The molecule has 1 atom stereocenters. The van der Waals surface area contributed by atoms with Crippen LogP contribution in [-0.4, -0.2) is 39.9 Å². The lowest BCUT2D eigenvalue weighted by atomic mass is 9.96. The van der Waals surface area contributed by atoms with Crippen LogP contribution < -0.4 is 20.1 Å². The van der Waals surface area contributed by atoms with Gasteiger partial charge in [0.25, 0.3) is 5.91 Å². The van der Waals surface area contributed by atoms with E-state index in [0.717, 1.165) is 11.1 Å². The van der Waals surface area contributed by atoms with Crippen LogP contribution in [0.3, 0.4) is 0 Å².